The Morgan fingerprint density at radius 2 is 2.10 bits per heavy atom. The molecule has 0 bridgehead atoms. The van der Waals surface area contributed by atoms with Gasteiger partial charge in [-0.1, -0.05) is 29.8 Å². The predicted molar refractivity (Wildman–Crippen MR) is 78.2 cm³/mol. The molecule has 0 saturated carbocycles. The number of benzene rings is 1. The summed E-state index contributed by atoms with van der Waals surface area (Å²) in [5.74, 6) is -0.0678. The zero-order chi connectivity index (χ0) is 14.5. The quantitative estimate of drug-likeness (QED) is 0.902. The van der Waals surface area contributed by atoms with Gasteiger partial charge in [-0.3, -0.25) is 4.98 Å². The Morgan fingerprint density at radius 3 is 2.70 bits per heavy atom. The maximum Gasteiger partial charge on any atom is 0.237 e. The van der Waals surface area contributed by atoms with Crippen LogP contribution in [0.15, 0.2) is 35.1 Å². The highest BCUT2D eigenvalue weighted by atomic mass is 79.9. The maximum absolute atomic E-state index is 13.6. The predicted octanol–water partition coefficient (Wildman–Crippen LogP) is 3.67. The van der Waals surface area contributed by atoms with Gasteiger partial charge in [-0.05, 0) is 18.2 Å². The van der Waals surface area contributed by atoms with Gasteiger partial charge in [0.1, 0.15) is 0 Å². The molecular formula is C14H15BrFN3O. The lowest BCUT2D eigenvalue weighted by molar-refractivity contribution is 0.424. The van der Waals surface area contributed by atoms with Gasteiger partial charge in [0.05, 0.1) is 18.1 Å². The minimum atomic E-state index is -0.452. The third kappa shape index (κ3) is 4.25. The minimum absolute atomic E-state index is 0.121. The molecule has 0 aliphatic rings. The lowest BCUT2D eigenvalue weighted by Gasteiger charge is -2.08. The summed E-state index contributed by atoms with van der Waals surface area (Å²) >= 11 is 3.19. The van der Waals surface area contributed by atoms with E-state index in [9.17, 15) is 4.39 Å². The molecule has 0 aliphatic carbocycles. The van der Waals surface area contributed by atoms with Gasteiger partial charge in [-0.15, -0.1) is 0 Å². The Balaban J connectivity index is 2.03. The van der Waals surface area contributed by atoms with Gasteiger partial charge in [0.2, 0.25) is 5.88 Å². The van der Waals surface area contributed by atoms with Crippen molar-refractivity contribution in [2.24, 2.45) is 0 Å². The Morgan fingerprint density at radius 1 is 1.30 bits per heavy atom. The van der Waals surface area contributed by atoms with Crippen molar-refractivity contribution in [1.82, 2.24) is 15.3 Å². The van der Waals surface area contributed by atoms with Crippen LogP contribution in [0.4, 0.5) is 4.39 Å². The van der Waals surface area contributed by atoms with Gasteiger partial charge in [0.15, 0.2) is 11.6 Å². The summed E-state index contributed by atoms with van der Waals surface area (Å²) in [6.45, 7) is 4.75. The molecule has 0 aliphatic heterocycles. The van der Waals surface area contributed by atoms with E-state index >= 15 is 0 Å². The number of rotatable bonds is 5. The van der Waals surface area contributed by atoms with Crippen LogP contribution in [-0.2, 0) is 6.54 Å². The Hall–Kier alpha value is -1.53. The summed E-state index contributed by atoms with van der Waals surface area (Å²) in [5, 5.41) is 3.24. The fraction of sp³-hybridized carbons (Fsp3) is 0.286. The van der Waals surface area contributed by atoms with Gasteiger partial charge in [-0.25, -0.2) is 9.37 Å². The second-order valence-corrected chi connectivity index (χ2v) is 5.47. The molecule has 1 aromatic heterocycles. The van der Waals surface area contributed by atoms with E-state index in [1.165, 1.54) is 18.3 Å². The fourth-order valence-corrected chi connectivity index (χ4v) is 1.80. The fourth-order valence-electron chi connectivity index (χ4n) is 1.47. The highest BCUT2D eigenvalue weighted by Crippen LogP contribution is 2.25. The highest BCUT2D eigenvalue weighted by molar-refractivity contribution is 9.10. The molecule has 20 heavy (non-hydrogen) atoms. The van der Waals surface area contributed by atoms with E-state index in [1.807, 2.05) is 0 Å². The third-order valence-corrected chi connectivity index (χ3v) is 2.97. The van der Waals surface area contributed by atoms with Crippen molar-refractivity contribution >= 4 is 15.9 Å². The summed E-state index contributed by atoms with van der Waals surface area (Å²) < 4.78 is 19.6. The van der Waals surface area contributed by atoms with Crippen molar-refractivity contribution in [3.05, 3.63) is 46.6 Å². The van der Waals surface area contributed by atoms with Crippen LogP contribution in [-0.4, -0.2) is 16.0 Å². The van der Waals surface area contributed by atoms with E-state index in [0.29, 0.717) is 17.1 Å². The van der Waals surface area contributed by atoms with E-state index in [2.05, 4.69) is 45.1 Å². The minimum Gasteiger partial charge on any atom is -0.434 e. The van der Waals surface area contributed by atoms with Crippen LogP contribution in [0.5, 0.6) is 11.6 Å². The van der Waals surface area contributed by atoms with Crippen molar-refractivity contribution in [2.45, 2.75) is 26.4 Å². The molecule has 0 radical (unpaired) electrons. The van der Waals surface area contributed by atoms with Gasteiger partial charge in [-0.2, -0.15) is 0 Å². The van der Waals surface area contributed by atoms with Gasteiger partial charge in [0.25, 0.3) is 0 Å². The van der Waals surface area contributed by atoms with E-state index in [-0.39, 0.29) is 11.6 Å². The van der Waals surface area contributed by atoms with Crippen molar-refractivity contribution in [1.29, 1.82) is 0 Å². The molecule has 2 rings (SSSR count). The molecule has 1 N–H and O–H groups in total. The van der Waals surface area contributed by atoms with Crippen molar-refractivity contribution in [3.8, 4) is 11.6 Å². The highest BCUT2D eigenvalue weighted by Gasteiger charge is 2.07. The molecule has 0 saturated heterocycles. The number of nitrogens with one attached hydrogen (secondary N) is 1. The molecule has 0 atom stereocenters. The van der Waals surface area contributed by atoms with Crippen LogP contribution >= 0.6 is 15.9 Å². The molecule has 6 heteroatoms. The van der Waals surface area contributed by atoms with E-state index < -0.39 is 5.82 Å². The molecule has 0 spiro atoms. The average molecular weight is 340 g/mol. The number of hydrogen-bond acceptors (Lipinski definition) is 4. The SMILES string of the molecule is CC(C)NCc1cnc(Oc2ccc(Br)cc2F)cn1. The van der Waals surface area contributed by atoms with Gasteiger partial charge < -0.3 is 10.1 Å². The summed E-state index contributed by atoms with van der Waals surface area (Å²) in [5.41, 5.74) is 0.808. The van der Waals surface area contributed by atoms with E-state index in [0.717, 1.165) is 5.69 Å². The molecule has 2 aromatic rings. The van der Waals surface area contributed by atoms with Crippen LogP contribution in [0.25, 0.3) is 0 Å². The third-order valence-electron chi connectivity index (χ3n) is 2.48. The smallest absolute Gasteiger partial charge is 0.237 e. The van der Waals surface area contributed by atoms with Crippen molar-refractivity contribution in [3.63, 3.8) is 0 Å². The number of hydrogen-bond donors (Lipinski definition) is 1. The second kappa shape index (κ2) is 6.76. The van der Waals surface area contributed by atoms with Crippen LogP contribution in [0, 0.1) is 5.82 Å². The zero-order valence-corrected chi connectivity index (χ0v) is 12.8. The maximum atomic E-state index is 13.6. The number of ether oxygens (including phenoxy) is 1. The summed E-state index contributed by atoms with van der Waals surface area (Å²) in [6.07, 6.45) is 3.10. The molecule has 1 heterocycles. The first-order valence-electron chi connectivity index (χ1n) is 6.22. The summed E-state index contributed by atoms with van der Waals surface area (Å²) in [4.78, 5) is 8.32. The van der Waals surface area contributed by atoms with E-state index in [4.69, 9.17) is 4.74 Å². The van der Waals surface area contributed by atoms with Crippen molar-refractivity contribution in [2.75, 3.05) is 0 Å². The van der Waals surface area contributed by atoms with E-state index in [1.54, 1.807) is 12.3 Å². The van der Waals surface area contributed by atoms with Crippen LogP contribution in [0.2, 0.25) is 0 Å². The van der Waals surface area contributed by atoms with Gasteiger partial charge in [0, 0.05) is 17.1 Å². The largest absolute Gasteiger partial charge is 0.434 e. The first kappa shape index (κ1) is 14.9. The lowest BCUT2D eigenvalue weighted by Crippen LogP contribution is -2.22. The number of aromatic nitrogens is 2. The Kier molecular flexibility index (Phi) is 5.03. The Labute approximate surface area is 125 Å². The summed E-state index contributed by atoms with van der Waals surface area (Å²) in [6, 6.07) is 4.95. The topological polar surface area (TPSA) is 47.0 Å². The lowest BCUT2D eigenvalue weighted by atomic mass is 10.3. The van der Waals surface area contributed by atoms with Crippen LogP contribution in [0.1, 0.15) is 19.5 Å². The van der Waals surface area contributed by atoms with Crippen LogP contribution in [0.3, 0.4) is 0 Å². The molecule has 0 amide bonds. The van der Waals surface area contributed by atoms with Gasteiger partial charge >= 0.3 is 0 Å². The first-order chi connectivity index (χ1) is 9.54. The number of nitrogens with zero attached hydrogens (tertiary/aromatic N) is 2. The monoisotopic (exact) mass is 339 g/mol. The molecular weight excluding hydrogens is 325 g/mol. The molecule has 1 aromatic carbocycles. The summed E-state index contributed by atoms with van der Waals surface area (Å²) in [7, 11) is 0. The normalized spacial score (nSPS) is 10.8. The zero-order valence-electron chi connectivity index (χ0n) is 11.2. The molecule has 0 unspecified atom stereocenters. The molecule has 4 nitrogen and oxygen atoms in total. The molecule has 106 valence electrons. The molecule has 0 fully saturated rings. The standard InChI is InChI=1S/C14H15BrFN3O/c1-9(2)17-6-11-7-19-14(8-18-11)20-13-4-3-10(15)5-12(13)16/h3-5,7-9,17H,6H2,1-2H3. The average Bonchev–Trinajstić information content (AvgIpc) is 2.41. The first-order valence-corrected chi connectivity index (χ1v) is 7.01. The number of halogens is 2. The Bertz CT molecular complexity index is 575. The van der Waals surface area contributed by atoms with Crippen molar-refractivity contribution < 1.29 is 9.13 Å². The van der Waals surface area contributed by atoms with Crippen LogP contribution < -0.4 is 10.1 Å². The second-order valence-electron chi connectivity index (χ2n) is 4.56.